The number of fused-ring (bicyclic) bond motifs is 1. The van der Waals surface area contributed by atoms with Gasteiger partial charge in [0.15, 0.2) is 11.8 Å². The number of carbonyl (C=O) groups excluding carboxylic acids is 3. The summed E-state index contributed by atoms with van der Waals surface area (Å²) in [5.74, 6) is -2.13. The van der Waals surface area contributed by atoms with E-state index in [1.807, 2.05) is 0 Å². The number of hydrogen-bond acceptors (Lipinski definition) is 6. The molecule has 3 rings (SSSR count). The minimum atomic E-state index is -1.21. The fourth-order valence-corrected chi connectivity index (χ4v) is 2.42. The molecule has 0 aliphatic rings. The highest BCUT2D eigenvalue weighted by Gasteiger charge is 2.22. The lowest BCUT2D eigenvalue weighted by atomic mass is 10.1. The topological polar surface area (TPSA) is 130 Å². The van der Waals surface area contributed by atoms with Gasteiger partial charge in [-0.05, 0) is 25.1 Å². The van der Waals surface area contributed by atoms with Gasteiger partial charge in [-0.2, -0.15) is 5.10 Å². The number of nitrogens with one attached hydrogen (secondary N) is 3. The van der Waals surface area contributed by atoms with Gasteiger partial charge in [0.05, 0.1) is 5.39 Å². The minimum absolute atomic E-state index is 0.122. The smallest absolute Gasteiger partial charge is 0.360 e. The summed E-state index contributed by atoms with van der Waals surface area (Å²) < 4.78 is 5.10. The van der Waals surface area contributed by atoms with E-state index < -0.39 is 29.4 Å². The van der Waals surface area contributed by atoms with Crippen LogP contribution in [0.5, 0.6) is 0 Å². The first kappa shape index (κ1) is 18.8. The number of aromatic nitrogens is 2. The summed E-state index contributed by atoms with van der Waals surface area (Å²) in [6.45, 7) is 1.34. The monoisotopic (exact) mass is 380 g/mol. The average molecular weight is 380 g/mol. The Morgan fingerprint density at radius 2 is 1.61 bits per heavy atom. The van der Waals surface area contributed by atoms with E-state index in [2.05, 4.69) is 21.0 Å². The van der Waals surface area contributed by atoms with Crippen LogP contribution in [0.2, 0.25) is 0 Å². The van der Waals surface area contributed by atoms with Crippen molar-refractivity contribution in [1.82, 2.24) is 21.0 Å². The number of aromatic amines is 1. The highest BCUT2D eigenvalue weighted by atomic mass is 16.5. The number of nitrogens with zero attached hydrogens (tertiary/aromatic N) is 1. The number of ether oxygens (including phenoxy) is 1. The SMILES string of the molecule is C[C@@H](OC(=O)c1n[nH]c(=O)c2ccccc12)C(=O)NNC(=O)c1ccccc1. The third-order valence-corrected chi connectivity index (χ3v) is 3.88. The third-order valence-electron chi connectivity index (χ3n) is 3.88. The number of rotatable bonds is 4. The van der Waals surface area contributed by atoms with Crippen molar-refractivity contribution in [2.45, 2.75) is 13.0 Å². The summed E-state index contributed by atoms with van der Waals surface area (Å²) in [7, 11) is 0. The van der Waals surface area contributed by atoms with Gasteiger partial charge in [0.2, 0.25) is 0 Å². The molecule has 0 spiro atoms. The summed E-state index contributed by atoms with van der Waals surface area (Å²) in [4.78, 5) is 48.1. The molecule has 0 unspecified atom stereocenters. The van der Waals surface area contributed by atoms with E-state index in [4.69, 9.17) is 4.74 Å². The second-order valence-electron chi connectivity index (χ2n) is 5.80. The van der Waals surface area contributed by atoms with Crippen LogP contribution in [0.3, 0.4) is 0 Å². The van der Waals surface area contributed by atoms with Crippen LogP contribution < -0.4 is 16.4 Å². The lowest BCUT2D eigenvalue weighted by molar-refractivity contribution is -0.129. The molecule has 0 fully saturated rings. The van der Waals surface area contributed by atoms with Crippen molar-refractivity contribution in [3.05, 3.63) is 76.2 Å². The lowest BCUT2D eigenvalue weighted by Gasteiger charge is -2.14. The van der Waals surface area contributed by atoms with Gasteiger partial charge in [-0.3, -0.25) is 25.2 Å². The van der Waals surface area contributed by atoms with Crippen LogP contribution >= 0.6 is 0 Å². The molecule has 0 aliphatic heterocycles. The predicted octanol–water partition coefficient (Wildman–Crippen LogP) is 0.930. The first-order chi connectivity index (χ1) is 13.5. The molecule has 1 aromatic heterocycles. The molecule has 0 saturated heterocycles. The van der Waals surface area contributed by atoms with E-state index in [0.717, 1.165) is 0 Å². The third kappa shape index (κ3) is 4.04. The van der Waals surface area contributed by atoms with E-state index in [1.54, 1.807) is 54.6 Å². The number of esters is 1. The van der Waals surface area contributed by atoms with Gasteiger partial charge in [0, 0.05) is 10.9 Å². The Kier molecular flexibility index (Phi) is 5.45. The molecule has 142 valence electrons. The van der Waals surface area contributed by atoms with E-state index in [0.29, 0.717) is 10.9 Å². The molecular weight excluding hydrogens is 364 g/mol. The van der Waals surface area contributed by atoms with Crippen LogP contribution in [-0.2, 0) is 9.53 Å². The van der Waals surface area contributed by atoms with Crippen LogP contribution in [-0.4, -0.2) is 34.1 Å². The first-order valence-electron chi connectivity index (χ1n) is 8.31. The molecule has 1 heterocycles. The predicted molar refractivity (Wildman–Crippen MR) is 99.3 cm³/mol. The van der Waals surface area contributed by atoms with E-state index in [-0.39, 0.29) is 11.1 Å². The van der Waals surface area contributed by atoms with Crippen molar-refractivity contribution >= 4 is 28.6 Å². The number of benzene rings is 2. The number of hydrogen-bond donors (Lipinski definition) is 3. The molecule has 9 nitrogen and oxygen atoms in total. The summed E-state index contributed by atoms with van der Waals surface area (Å²) in [6.07, 6.45) is -1.21. The van der Waals surface area contributed by atoms with E-state index in [1.165, 1.54) is 6.92 Å². The van der Waals surface area contributed by atoms with Crippen molar-refractivity contribution < 1.29 is 19.1 Å². The maximum absolute atomic E-state index is 12.4. The maximum Gasteiger partial charge on any atom is 0.360 e. The second-order valence-corrected chi connectivity index (χ2v) is 5.80. The molecule has 2 amide bonds. The Morgan fingerprint density at radius 3 is 2.32 bits per heavy atom. The summed E-state index contributed by atoms with van der Waals surface area (Å²) in [5.41, 5.74) is 4.22. The van der Waals surface area contributed by atoms with Gasteiger partial charge in [0.1, 0.15) is 0 Å². The van der Waals surface area contributed by atoms with E-state index in [9.17, 15) is 19.2 Å². The fourth-order valence-electron chi connectivity index (χ4n) is 2.42. The van der Waals surface area contributed by atoms with Crippen molar-refractivity contribution in [3.63, 3.8) is 0 Å². The Balaban J connectivity index is 1.64. The zero-order valence-electron chi connectivity index (χ0n) is 14.8. The number of amides is 2. The molecule has 28 heavy (non-hydrogen) atoms. The number of H-pyrrole nitrogens is 1. The van der Waals surface area contributed by atoms with E-state index >= 15 is 0 Å². The molecular formula is C19H16N4O5. The van der Waals surface area contributed by atoms with Gasteiger partial charge < -0.3 is 4.74 Å². The molecule has 2 aromatic carbocycles. The largest absolute Gasteiger partial charge is 0.448 e. The molecule has 0 saturated carbocycles. The maximum atomic E-state index is 12.4. The first-order valence-corrected chi connectivity index (χ1v) is 8.31. The van der Waals surface area contributed by atoms with Gasteiger partial charge >= 0.3 is 5.97 Å². The average Bonchev–Trinajstić information content (AvgIpc) is 2.72. The van der Waals surface area contributed by atoms with Crippen LogP contribution in [0, 0.1) is 0 Å². The minimum Gasteiger partial charge on any atom is -0.448 e. The fraction of sp³-hybridized carbons (Fsp3) is 0.105. The van der Waals surface area contributed by atoms with Gasteiger partial charge in [0.25, 0.3) is 17.4 Å². The quantitative estimate of drug-likeness (QED) is 0.456. The van der Waals surface area contributed by atoms with Crippen molar-refractivity contribution in [3.8, 4) is 0 Å². The van der Waals surface area contributed by atoms with Crippen LogP contribution in [0.1, 0.15) is 27.8 Å². The van der Waals surface area contributed by atoms with Gasteiger partial charge in [-0.1, -0.05) is 36.4 Å². The van der Waals surface area contributed by atoms with Crippen LogP contribution in [0.25, 0.3) is 10.8 Å². The Labute approximate surface area is 158 Å². The Bertz CT molecular complexity index is 1090. The number of hydrazine groups is 1. The zero-order valence-corrected chi connectivity index (χ0v) is 14.8. The molecule has 9 heteroatoms. The Hall–Kier alpha value is -4.01. The lowest BCUT2D eigenvalue weighted by Crippen LogP contribution is -2.46. The molecule has 3 aromatic rings. The van der Waals surface area contributed by atoms with Gasteiger partial charge in [-0.25, -0.2) is 9.89 Å². The zero-order chi connectivity index (χ0) is 20.1. The normalized spacial score (nSPS) is 11.5. The number of carbonyl (C=O) groups is 3. The highest BCUT2D eigenvalue weighted by molar-refractivity contribution is 6.03. The second kappa shape index (κ2) is 8.12. The molecule has 1 atom stereocenters. The summed E-state index contributed by atoms with van der Waals surface area (Å²) >= 11 is 0. The Morgan fingerprint density at radius 1 is 0.964 bits per heavy atom. The molecule has 0 aliphatic carbocycles. The molecule has 0 bridgehead atoms. The molecule has 3 N–H and O–H groups in total. The highest BCUT2D eigenvalue weighted by Crippen LogP contribution is 2.14. The summed E-state index contributed by atoms with van der Waals surface area (Å²) in [5, 5.41) is 6.52. The van der Waals surface area contributed by atoms with Crippen molar-refractivity contribution in [2.24, 2.45) is 0 Å². The summed E-state index contributed by atoms with van der Waals surface area (Å²) in [6, 6.07) is 14.7. The molecule has 0 radical (unpaired) electrons. The standard InChI is InChI=1S/C19H16N4O5/c1-11(16(24)21-22-17(25)12-7-3-2-4-8-12)28-19(27)15-13-9-5-6-10-14(13)18(26)23-20-15/h2-11H,1H3,(H,21,24)(H,22,25)(H,23,26)/t11-/m1/s1. The van der Waals surface area contributed by atoms with Crippen LogP contribution in [0.4, 0.5) is 0 Å². The van der Waals surface area contributed by atoms with Gasteiger partial charge in [-0.15, -0.1) is 0 Å². The van der Waals surface area contributed by atoms with Crippen LogP contribution in [0.15, 0.2) is 59.4 Å². The van der Waals surface area contributed by atoms with Crippen molar-refractivity contribution in [2.75, 3.05) is 0 Å². The van der Waals surface area contributed by atoms with Crippen molar-refractivity contribution in [1.29, 1.82) is 0 Å².